The van der Waals surface area contributed by atoms with Crippen LogP contribution in [0.5, 0.6) is 17.2 Å². The van der Waals surface area contributed by atoms with Crippen LogP contribution < -0.4 is 19.5 Å². The van der Waals surface area contributed by atoms with Crippen LogP contribution in [-0.4, -0.2) is 77.9 Å². The molecule has 0 unspecified atom stereocenters. The standard InChI is InChI=1S/C32H40F3N5O5/c1-21-16-27(42-5)29(35)24(28(21)34)20-44-23-18-36-30(37-19-23)38-22-8-9-26(25(33)17-22)43-15-7-6-10-39-11-13-40(14-12-39)31(41)45-32(2,3)4/h8-9,16-19H,6-7,10-15,20H2,1-5H3,(H,36,37,38). The fraction of sp³-hybridized carbons (Fsp3) is 0.469. The maximum absolute atomic E-state index is 14.7. The molecule has 1 N–H and O–H groups in total. The van der Waals surface area contributed by atoms with E-state index in [1.165, 1.54) is 44.6 Å². The van der Waals surface area contributed by atoms with Gasteiger partial charge in [0.2, 0.25) is 5.95 Å². The highest BCUT2D eigenvalue weighted by Gasteiger charge is 2.25. The van der Waals surface area contributed by atoms with E-state index in [2.05, 4.69) is 20.2 Å². The predicted octanol–water partition coefficient (Wildman–Crippen LogP) is 6.25. The number of hydrogen-bond donors (Lipinski definition) is 1. The molecule has 4 rings (SSSR count). The molecule has 0 bridgehead atoms. The van der Waals surface area contributed by atoms with E-state index in [0.717, 1.165) is 32.5 Å². The second kappa shape index (κ2) is 15.2. The van der Waals surface area contributed by atoms with E-state index in [0.29, 0.717) is 25.4 Å². The first-order valence-electron chi connectivity index (χ1n) is 14.8. The summed E-state index contributed by atoms with van der Waals surface area (Å²) in [6.45, 7) is 10.8. The highest BCUT2D eigenvalue weighted by atomic mass is 19.1. The molecular weight excluding hydrogens is 591 g/mol. The maximum atomic E-state index is 14.7. The number of hydrogen-bond acceptors (Lipinski definition) is 9. The number of nitrogens with one attached hydrogen (secondary N) is 1. The van der Waals surface area contributed by atoms with Gasteiger partial charge in [-0.2, -0.15) is 0 Å². The van der Waals surface area contributed by atoms with Gasteiger partial charge >= 0.3 is 6.09 Å². The van der Waals surface area contributed by atoms with Crippen molar-refractivity contribution in [3.05, 3.63) is 65.2 Å². The number of carbonyl (C=O) groups is 1. The van der Waals surface area contributed by atoms with Crippen molar-refractivity contribution >= 4 is 17.7 Å². The summed E-state index contributed by atoms with van der Waals surface area (Å²) in [7, 11) is 1.30. The van der Waals surface area contributed by atoms with Gasteiger partial charge in [0.15, 0.2) is 28.9 Å². The van der Waals surface area contributed by atoms with Crippen LogP contribution in [0.4, 0.5) is 29.6 Å². The fourth-order valence-corrected chi connectivity index (χ4v) is 4.62. The molecule has 0 aliphatic carbocycles. The largest absolute Gasteiger partial charge is 0.494 e. The Hall–Kier alpha value is -4.26. The number of piperazine rings is 1. The third kappa shape index (κ3) is 9.61. The van der Waals surface area contributed by atoms with Crippen molar-refractivity contribution in [1.29, 1.82) is 0 Å². The molecule has 1 saturated heterocycles. The molecule has 1 aliphatic heterocycles. The number of unbranched alkanes of at least 4 members (excludes halogenated alkanes) is 1. The number of methoxy groups -OCH3 is 1. The number of benzene rings is 2. The molecule has 2 heterocycles. The average Bonchev–Trinajstić information content (AvgIpc) is 3.00. The van der Waals surface area contributed by atoms with Crippen LogP contribution in [0.15, 0.2) is 36.7 Å². The average molecular weight is 632 g/mol. The number of ether oxygens (including phenoxy) is 4. The quantitative estimate of drug-likeness (QED) is 0.233. The van der Waals surface area contributed by atoms with Crippen molar-refractivity contribution < 1.29 is 36.9 Å². The number of aryl methyl sites for hydroxylation is 1. The first-order valence-corrected chi connectivity index (χ1v) is 14.8. The molecule has 2 aromatic carbocycles. The number of anilines is 2. The SMILES string of the molecule is COc1cc(C)c(F)c(COc2cnc(Nc3ccc(OCCCCN4CCN(C(=O)OC(C)(C)C)CC4)c(F)c3)nc2)c1F. The smallest absolute Gasteiger partial charge is 0.410 e. The Kier molecular flexibility index (Phi) is 11.3. The van der Waals surface area contributed by atoms with E-state index in [1.54, 1.807) is 11.0 Å². The van der Waals surface area contributed by atoms with E-state index in [1.807, 2.05) is 20.8 Å². The van der Waals surface area contributed by atoms with Gasteiger partial charge in [0.05, 0.1) is 31.7 Å². The minimum atomic E-state index is -0.832. The highest BCUT2D eigenvalue weighted by molar-refractivity contribution is 5.68. The van der Waals surface area contributed by atoms with Crippen molar-refractivity contribution in [1.82, 2.24) is 19.8 Å². The Morgan fingerprint density at radius 3 is 2.31 bits per heavy atom. The fourth-order valence-electron chi connectivity index (χ4n) is 4.62. The van der Waals surface area contributed by atoms with Gasteiger partial charge in [0.1, 0.15) is 18.0 Å². The van der Waals surface area contributed by atoms with Gasteiger partial charge in [-0.3, -0.25) is 4.90 Å². The molecule has 3 aromatic rings. The molecule has 0 saturated carbocycles. The Morgan fingerprint density at radius 1 is 0.956 bits per heavy atom. The van der Waals surface area contributed by atoms with Crippen LogP contribution in [0, 0.1) is 24.4 Å². The zero-order valence-corrected chi connectivity index (χ0v) is 26.3. The van der Waals surface area contributed by atoms with Crippen LogP contribution in [0.1, 0.15) is 44.7 Å². The zero-order valence-electron chi connectivity index (χ0n) is 26.3. The molecule has 244 valence electrons. The highest BCUT2D eigenvalue weighted by Crippen LogP contribution is 2.28. The van der Waals surface area contributed by atoms with Crippen LogP contribution in [-0.2, 0) is 11.3 Å². The third-order valence-corrected chi connectivity index (χ3v) is 7.01. The van der Waals surface area contributed by atoms with Crippen LogP contribution >= 0.6 is 0 Å². The normalized spacial score (nSPS) is 13.8. The summed E-state index contributed by atoms with van der Waals surface area (Å²) in [6, 6.07) is 5.74. The van der Waals surface area contributed by atoms with Gasteiger partial charge in [-0.05, 0) is 70.8 Å². The minimum Gasteiger partial charge on any atom is -0.494 e. The zero-order chi connectivity index (χ0) is 32.6. The van der Waals surface area contributed by atoms with Crippen LogP contribution in [0.2, 0.25) is 0 Å². The molecule has 1 aromatic heterocycles. The van der Waals surface area contributed by atoms with Gasteiger partial charge in [0, 0.05) is 37.9 Å². The summed E-state index contributed by atoms with van der Waals surface area (Å²) in [4.78, 5) is 24.5. The van der Waals surface area contributed by atoms with Gasteiger partial charge in [0.25, 0.3) is 0 Å². The molecule has 0 spiro atoms. The number of nitrogens with zero attached hydrogens (tertiary/aromatic N) is 4. The second-order valence-corrected chi connectivity index (χ2v) is 11.7. The van der Waals surface area contributed by atoms with Crippen molar-refractivity contribution in [3.8, 4) is 17.2 Å². The topological polar surface area (TPSA) is 98.3 Å². The predicted molar refractivity (Wildman–Crippen MR) is 163 cm³/mol. The lowest BCUT2D eigenvalue weighted by atomic mass is 10.1. The number of rotatable bonds is 12. The van der Waals surface area contributed by atoms with Gasteiger partial charge in [-0.1, -0.05) is 0 Å². The van der Waals surface area contributed by atoms with E-state index < -0.39 is 23.1 Å². The van der Waals surface area contributed by atoms with Gasteiger partial charge in [-0.15, -0.1) is 0 Å². The number of halogens is 3. The summed E-state index contributed by atoms with van der Waals surface area (Å²) in [5.74, 6) is -1.64. The number of amides is 1. The van der Waals surface area contributed by atoms with E-state index >= 15 is 0 Å². The van der Waals surface area contributed by atoms with Crippen molar-refractivity contribution in [3.63, 3.8) is 0 Å². The van der Waals surface area contributed by atoms with Crippen molar-refractivity contribution in [2.45, 2.75) is 52.7 Å². The van der Waals surface area contributed by atoms with Crippen molar-refractivity contribution in [2.24, 2.45) is 0 Å². The molecule has 10 nitrogen and oxygen atoms in total. The van der Waals surface area contributed by atoms with E-state index in [4.69, 9.17) is 18.9 Å². The molecular formula is C32H40F3N5O5. The Morgan fingerprint density at radius 2 is 1.67 bits per heavy atom. The first-order chi connectivity index (χ1) is 21.4. The molecule has 1 aliphatic rings. The van der Waals surface area contributed by atoms with Crippen molar-refractivity contribution in [2.75, 3.05) is 51.8 Å². The lowest BCUT2D eigenvalue weighted by Gasteiger charge is -2.35. The van der Waals surface area contributed by atoms with Crippen LogP contribution in [0.3, 0.4) is 0 Å². The van der Waals surface area contributed by atoms with Gasteiger partial charge in [-0.25, -0.2) is 27.9 Å². The Balaban J connectivity index is 1.17. The lowest BCUT2D eigenvalue weighted by Crippen LogP contribution is -2.50. The number of carbonyl (C=O) groups excluding carboxylic acids is 1. The molecule has 0 radical (unpaired) electrons. The van der Waals surface area contributed by atoms with E-state index in [9.17, 15) is 18.0 Å². The summed E-state index contributed by atoms with van der Waals surface area (Å²) >= 11 is 0. The van der Waals surface area contributed by atoms with E-state index in [-0.39, 0.29) is 47.0 Å². The molecule has 1 amide bonds. The molecule has 1 fully saturated rings. The summed E-state index contributed by atoms with van der Waals surface area (Å²) in [5, 5.41) is 2.90. The Bertz CT molecular complexity index is 1440. The van der Waals surface area contributed by atoms with Crippen LogP contribution in [0.25, 0.3) is 0 Å². The monoisotopic (exact) mass is 631 g/mol. The summed E-state index contributed by atoms with van der Waals surface area (Å²) in [5.41, 5.74) is -0.124. The number of aromatic nitrogens is 2. The first kappa shape index (κ1) is 33.6. The third-order valence-electron chi connectivity index (χ3n) is 7.01. The Labute approximate surface area is 261 Å². The minimum absolute atomic E-state index is 0.0735. The maximum Gasteiger partial charge on any atom is 0.410 e. The second-order valence-electron chi connectivity index (χ2n) is 11.7. The summed E-state index contributed by atoms with van der Waals surface area (Å²) < 4.78 is 65.1. The molecule has 13 heteroatoms. The molecule has 45 heavy (non-hydrogen) atoms. The molecule has 0 atom stereocenters. The van der Waals surface area contributed by atoms with Gasteiger partial charge < -0.3 is 29.2 Å². The lowest BCUT2D eigenvalue weighted by molar-refractivity contribution is 0.0143. The summed E-state index contributed by atoms with van der Waals surface area (Å²) in [6.07, 6.45) is 4.04.